The van der Waals surface area contributed by atoms with E-state index in [0.29, 0.717) is 11.1 Å². The topological polar surface area (TPSA) is 42.7 Å². The maximum absolute atomic E-state index is 6.01. The summed E-state index contributed by atoms with van der Waals surface area (Å²) in [6, 6.07) is 2.51. The molecule has 2 aromatic heterocycles. The molecule has 0 saturated heterocycles. The SMILES string of the molecule is Cc1nn(-c2cncc(CNC(C)C)c2)cc1Cl. The highest BCUT2D eigenvalue weighted by Gasteiger charge is 2.05. The van der Waals surface area contributed by atoms with Crippen LogP contribution in [0.15, 0.2) is 24.7 Å². The van der Waals surface area contributed by atoms with E-state index in [0.717, 1.165) is 23.5 Å². The van der Waals surface area contributed by atoms with Crippen LogP contribution in [0.25, 0.3) is 5.69 Å². The smallest absolute Gasteiger partial charge is 0.0832 e. The van der Waals surface area contributed by atoms with Gasteiger partial charge in [-0.3, -0.25) is 4.98 Å². The Bertz CT molecular complexity index is 514. The van der Waals surface area contributed by atoms with Crippen molar-refractivity contribution in [3.63, 3.8) is 0 Å². The number of nitrogens with one attached hydrogen (secondary N) is 1. The predicted molar refractivity (Wildman–Crippen MR) is 73.1 cm³/mol. The lowest BCUT2D eigenvalue weighted by Gasteiger charge is -2.09. The fourth-order valence-corrected chi connectivity index (χ4v) is 1.72. The molecule has 2 rings (SSSR count). The lowest BCUT2D eigenvalue weighted by molar-refractivity contribution is 0.587. The summed E-state index contributed by atoms with van der Waals surface area (Å²) in [7, 11) is 0. The van der Waals surface area contributed by atoms with Gasteiger partial charge in [0.05, 0.1) is 22.6 Å². The first kappa shape index (κ1) is 13.1. The average Bonchev–Trinajstić information content (AvgIpc) is 2.68. The molecule has 0 radical (unpaired) electrons. The molecule has 1 N–H and O–H groups in total. The summed E-state index contributed by atoms with van der Waals surface area (Å²) in [4.78, 5) is 4.23. The van der Waals surface area contributed by atoms with E-state index in [-0.39, 0.29) is 0 Å². The van der Waals surface area contributed by atoms with Gasteiger partial charge in [0.2, 0.25) is 0 Å². The molecule has 0 bridgehead atoms. The number of hydrogen-bond acceptors (Lipinski definition) is 3. The van der Waals surface area contributed by atoms with Gasteiger partial charge in [-0.15, -0.1) is 0 Å². The second-order valence-electron chi connectivity index (χ2n) is 4.59. The molecule has 96 valence electrons. The molecule has 0 atom stereocenters. The molecule has 2 heterocycles. The molecule has 0 aromatic carbocycles. The van der Waals surface area contributed by atoms with Crippen molar-refractivity contribution in [3.8, 4) is 5.69 Å². The molecular weight excluding hydrogens is 248 g/mol. The Morgan fingerprint density at radius 1 is 1.39 bits per heavy atom. The Kier molecular flexibility index (Phi) is 3.99. The lowest BCUT2D eigenvalue weighted by atomic mass is 10.2. The summed E-state index contributed by atoms with van der Waals surface area (Å²) in [5.41, 5.74) is 2.88. The molecule has 0 spiro atoms. The van der Waals surface area contributed by atoms with Crippen molar-refractivity contribution in [1.82, 2.24) is 20.1 Å². The van der Waals surface area contributed by atoms with Gasteiger partial charge in [0.1, 0.15) is 0 Å². The fraction of sp³-hybridized carbons (Fsp3) is 0.385. The first-order chi connectivity index (χ1) is 8.56. The number of pyridine rings is 1. The maximum atomic E-state index is 6.01. The highest BCUT2D eigenvalue weighted by molar-refractivity contribution is 6.31. The lowest BCUT2D eigenvalue weighted by Crippen LogP contribution is -2.21. The number of aromatic nitrogens is 3. The van der Waals surface area contributed by atoms with Crippen LogP contribution in [0.5, 0.6) is 0 Å². The summed E-state index contributed by atoms with van der Waals surface area (Å²) in [6.45, 7) is 6.92. The van der Waals surface area contributed by atoms with E-state index in [9.17, 15) is 0 Å². The number of aryl methyl sites for hydroxylation is 1. The van der Waals surface area contributed by atoms with Crippen molar-refractivity contribution in [2.45, 2.75) is 33.4 Å². The normalized spacial score (nSPS) is 11.2. The minimum atomic E-state index is 0.454. The van der Waals surface area contributed by atoms with Crippen LogP contribution in [0.3, 0.4) is 0 Å². The van der Waals surface area contributed by atoms with Gasteiger partial charge in [0.25, 0.3) is 0 Å². The largest absolute Gasteiger partial charge is 0.310 e. The van der Waals surface area contributed by atoms with Crippen molar-refractivity contribution in [1.29, 1.82) is 0 Å². The van der Waals surface area contributed by atoms with Crippen LogP contribution in [-0.2, 0) is 6.54 Å². The Morgan fingerprint density at radius 2 is 2.17 bits per heavy atom. The zero-order chi connectivity index (χ0) is 13.1. The molecule has 18 heavy (non-hydrogen) atoms. The predicted octanol–water partition coefficient (Wildman–Crippen LogP) is 2.73. The zero-order valence-electron chi connectivity index (χ0n) is 10.8. The van der Waals surface area contributed by atoms with Crippen molar-refractivity contribution >= 4 is 11.6 Å². The van der Waals surface area contributed by atoms with E-state index in [4.69, 9.17) is 11.6 Å². The second kappa shape index (κ2) is 5.50. The van der Waals surface area contributed by atoms with Crippen molar-refractivity contribution in [2.75, 3.05) is 0 Å². The second-order valence-corrected chi connectivity index (χ2v) is 5.00. The Hall–Kier alpha value is -1.39. The van der Waals surface area contributed by atoms with Crippen LogP contribution in [0.2, 0.25) is 5.02 Å². The minimum absolute atomic E-state index is 0.454. The number of rotatable bonds is 4. The van der Waals surface area contributed by atoms with Gasteiger partial charge in [0.15, 0.2) is 0 Å². The first-order valence-electron chi connectivity index (χ1n) is 5.95. The third-order valence-electron chi connectivity index (χ3n) is 2.60. The van der Waals surface area contributed by atoms with E-state index >= 15 is 0 Å². The van der Waals surface area contributed by atoms with Crippen LogP contribution in [-0.4, -0.2) is 20.8 Å². The van der Waals surface area contributed by atoms with E-state index in [2.05, 4.69) is 35.3 Å². The zero-order valence-corrected chi connectivity index (χ0v) is 11.6. The number of nitrogens with zero attached hydrogens (tertiary/aromatic N) is 3. The Morgan fingerprint density at radius 3 is 2.78 bits per heavy atom. The highest BCUT2D eigenvalue weighted by Crippen LogP contribution is 2.16. The maximum Gasteiger partial charge on any atom is 0.0832 e. The quantitative estimate of drug-likeness (QED) is 0.923. The van der Waals surface area contributed by atoms with Crippen LogP contribution < -0.4 is 5.32 Å². The van der Waals surface area contributed by atoms with Crippen LogP contribution in [0.4, 0.5) is 0 Å². The van der Waals surface area contributed by atoms with E-state index in [1.54, 1.807) is 17.1 Å². The molecule has 0 aliphatic carbocycles. The number of halogens is 1. The Labute approximate surface area is 112 Å². The monoisotopic (exact) mass is 264 g/mol. The molecule has 0 amide bonds. The van der Waals surface area contributed by atoms with Gasteiger partial charge >= 0.3 is 0 Å². The first-order valence-corrected chi connectivity index (χ1v) is 6.33. The van der Waals surface area contributed by atoms with Crippen molar-refractivity contribution in [3.05, 3.63) is 40.9 Å². The number of hydrogen-bond donors (Lipinski definition) is 1. The average molecular weight is 265 g/mol. The summed E-state index contributed by atoms with van der Waals surface area (Å²) < 4.78 is 1.75. The molecule has 0 saturated carbocycles. The van der Waals surface area contributed by atoms with E-state index < -0.39 is 0 Å². The molecule has 0 aliphatic rings. The van der Waals surface area contributed by atoms with Crippen LogP contribution in [0, 0.1) is 6.92 Å². The summed E-state index contributed by atoms with van der Waals surface area (Å²) >= 11 is 6.01. The molecule has 4 nitrogen and oxygen atoms in total. The third kappa shape index (κ3) is 3.09. The highest BCUT2D eigenvalue weighted by atomic mass is 35.5. The molecular formula is C13H17ClN4. The van der Waals surface area contributed by atoms with Crippen molar-refractivity contribution < 1.29 is 0 Å². The van der Waals surface area contributed by atoms with Gasteiger partial charge in [-0.1, -0.05) is 25.4 Å². The molecule has 0 fully saturated rings. The van der Waals surface area contributed by atoms with Gasteiger partial charge in [0, 0.05) is 25.0 Å². The summed E-state index contributed by atoms with van der Waals surface area (Å²) in [5.74, 6) is 0. The molecule has 0 aliphatic heterocycles. The van der Waals surface area contributed by atoms with E-state index in [1.807, 2.05) is 13.1 Å². The summed E-state index contributed by atoms with van der Waals surface area (Å²) in [5, 5.41) is 8.37. The van der Waals surface area contributed by atoms with Gasteiger partial charge in [-0.05, 0) is 18.6 Å². The minimum Gasteiger partial charge on any atom is -0.310 e. The Balaban J connectivity index is 2.21. The fourth-order valence-electron chi connectivity index (χ4n) is 1.59. The summed E-state index contributed by atoms with van der Waals surface area (Å²) in [6.07, 6.45) is 5.44. The van der Waals surface area contributed by atoms with Gasteiger partial charge in [-0.25, -0.2) is 4.68 Å². The van der Waals surface area contributed by atoms with Gasteiger partial charge < -0.3 is 5.32 Å². The van der Waals surface area contributed by atoms with Gasteiger partial charge in [-0.2, -0.15) is 5.10 Å². The molecule has 2 aromatic rings. The van der Waals surface area contributed by atoms with Crippen molar-refractivity contribution in [2.24, 2.45) is 0 Å². The molecule has 0 unspecified atom stereocenters. The third-order valence-corrected chi connectivity index (χ3v) is 2.97. The van der Waals surface area contributed by atoms with Crippen LogP contribution >= 0.6 is 11.6 Å². The van der Waals surface area contributed by atoms with Crippen LogP contribution in [0.1, 0.15) is 25.1 Å². The molecule has 5 heteroatoms. The van der Waals surface area contributed by atoms with E-state index in [1.165, 1.54) is 0 Å². The standard InChI is InChI=1S/C13H17ClN4/c1-9(2)16-6-11-4-12(7-15-5-11)18-8-13(14)10(3)17-18/h4-5,7-9,16H,6H2,1-3H3.